The van der Waals surface area contributed by atoms with Crippen LogP contribution in [0.2, 0.25) is 0 Å². The number of carbonyl (C=O) groups is 1. The van der Waals surface area contributed by atoms with Gasteiger partial charge in [0.15, 0.2) is 0 Å². The second kappa shape index (κ2) is 7.86. The molecule has 1 aliphatic rings. The lowest BCUT2D eigenvalue weighted by Crippen LogP contribution is -2.39. The van der Waals surface area contributed by atoms with Gasteiger partial charge in [-0.05, 0) is 47.9 Å². The van der Waals surface area contributed by atoms with E-state index in [1.807, 2.05) is 37.3 Å². The molecule has 1 amide bonds. The molecule has 0 radical (unpaired) electrons. The molecule has 0 N–H and O–H groups in total. The van der Waals surface area contributed by atoms with E-state index in [0.717, 1.165) is 17.7 Å². The zero-order valence-corrected chi connectivity index (χ0v) is 16.3. The molecule has 4 rings (SSSR count). The second-order valence-electron chi connectivity index (χ2n) is 7.36. The number of benzene rings is 3. The molecule has 1 heterocycles. The summed E-state index contributed by atoms with van der Waals surface area (Å²) in [5.41, 5.74) is 1.98. The van der Waals surface area contributed by atoms with E-state index in [1.165, 1.54) is 12.1 Å². The van der Waals surface area contributed by atoms with Crippen LogP contribution in [0.3, 0.4) is 0 Å². The molecular formula is C24H20F3NO2. The Morgan fingerprint density at radius 1 is 0.967 bits per heavy atom. The SMILES string of the molecule is CC1COc2ccc(-c3ccc(C(F)(F)F)cc3)cc2C(=O)N1Cc1ccccc1. The lowest BCUT2D eigenvalue weighted by Gasteiger charge is -2.26. The van der Waals surface area contributed by atoms with Gasteiger partial charge in [-0.2, -0.15) is 13.2 Å². The van der Waals surface area contributed by atoms with Gasteiger partial charge < -0.3 is 9.64 Å². The molecule has 6 heteroatoms. The number of alkyl halides is 3. The largest absolute Gasteiger partial charge is 0.491 e. The van der Waals surface area contributed by atoms with Crippen molar-refractivity contribution in [3.8, 4) is 16.9 Å². The zero-order chi connectivity index (χ0) is 21.3. The van der Waals surface area contributed by atoms with Gasteiger partial charge in [-0.25, -0.2) is 0 Å². The summed E-state index contributed by atoms with van der Waals surface area (Å²) < 4.78 is 44.3. The van der Waals surface area contributed by atoms with Gasteiger partial charge in [0, 0.05) is 6.54 Å². The molecular weight excluding hydrogens is 391 g/mol. The summed E-state index contributed by atoms with van der Waals surface area (Å²) in [5, 5.41) is 0. The van der Waals surface area contributed by atoms with Crippen molar-refractivity contribution in [2.24, 2.45) is 0 Å². The number of carbonyl (C=O) groups excluding carboxylic acids is 1. The van der Waals surface area contributed by atoms with Crippen LogP contribution in [-0.4, -0.2) is 23.5 Å². The fraction of sp³-hybridized carbons (Fsp3) is 0.208. The summed E-state index contributed by atoms with van der Waals surface area (Å²) >= 11 is 0. The monoisotopic (exact) mass is 411 g/mol. The van der Waals surface area contributed by atoms with E-state index in [2.05, 4.69) is 0 Å². The third kappa shape index (κ3) is 4.03. The van der Waals surface area contributed by atoms with Gasteiger partial charge in [-0.15, -0.1) is 0 Å². The van der Waals surface area contributed by atoms with Gasteiger partial charge in [0.1, 0.15) is 12.4 Å². The molecule has 1 aliphatic heterocycles. The molecule has 30 heavy (non-hydrogen) atoms. The summed E-state index contributed by atoms with van der Waals surface area (Å²) in [6.45, 7) is 2.75. The van der Waals surface area contributed by atoms with E-state index in [-0.39, 0.29) is 11.9 Å². The number of hydrogen-bond donors (Lipinski definition) is 0. The first-order valence-corrected chi connectivity index (χ1v) is 9.62. The summed E-state index contributed by atoms with van der Waals surface area (Å²) in [6.07, 6.45) is -4.38. The van der Waals surface area contributed by atoms with Crippen LogP contribution in [0, 0.1) is 0 Å². The van der Waals surface area contributed by atoms with Gasteiger partial charge in [0.05, 0.1) is 17.2 Å². The quantitative estimate of drug-likeness (QED) is 0.546. The molecule has 0 fully saturated rings. The molecule has 0 saturated carbocycles. The number of fused-ring (bicyclic) bond motifs is 1. The van der Waals surface area contributed by atoms with Crippen LogP contribution in [0.15, 0.2) is 72.8 Å². The Morgan fingerprint density at radius 3 is 2.30 bits per heavy atom. The molecule has 0 aromatic heterocycles. The highest BCUT2D eigenvalue weighted by Gasteiger charge is 2.31. The maximum absolute atomic E-state index is 13.3. The first-order chi connectivity index (χ1) is 14.3. The summed E-state index contributed by atoms with van der Waals surface area (Å²) in [5.74, 6) is 0.325. The zero-order valence-electron chi connectivity index (χ0n) is 16.3. The predicted octanol–water partition coefficient (Wildman–Crippen LogP) is 5.80. The van der Waals surface area contributed by atoms with Gasteiger partial charge in [-0.1, -0.05) is 48.5 Å². The first-order valence-electron chi connectivity index (χ1n) is 9.62. The summed E-state index contributed by atoms with van der Waals surface area (Å²) in [7, 11) is 0. The van der Waals surface area contributed by atoms with E-state index in [1.54, 1.807) is 23.1 Å². The van der Waals surface area contributed by atoms with Crippen LogP contribution in [0.1, 0.15) is 28.4 Å². The van der Waals surface area contributed by atoms with Crippen molar-refractivity contribution in [2.75, 3.05) is 6.61 Å². The van der Waals surface area contributed by atoms with Crippen LogP contribution in [0.25, 0.3) is 11.1 Å². The van der Waals surface area contributed by atoms with Crippen molar-refractivity contribution in [3.63, 3.8) is 0 Å². The smallest absolute Gasteiger partial charge is 0.416 e. The second-order valence-corrected chi connectivity index (χ2v) is 7.36. The van der Waals surface area contributed by atoms with Crippen molar-refractivity contribution in [1.29, 1.82) is 0 Å². The minimum Gasteiger partial charge on any atom is -0.491 e. The van der Waals surface area contributed by atoms with E-state index in [4.69, 9.17) is 4.74 Å². The average molecular weight is 411 g/mol. The van der Waals surface area contributed by atoms with Crippen LogP contribution in [0.5, 0.6) is 5.75 Å². The molecule has 1 atom stereocenters. The fourth-order valence-electron chi connectivity index (χ4n) is 3.52. The van der Waals surface area contributed by atoms with E-state index in [0.29, 0.717) is 35.6 Å². The molecule has 0 spiro atoms. The van der Waals surface area contributed by atoms with E-state index in [9.17, 15) is 18.0 Å². The van der Waals surface area contributed by atoms with E-state index < -0.39 is 11.7 Å². The standard InChI is InChI=1S/C24H20F3NO2/c1-16-15-30-22-12-9-19(18-7-10-20(11-8-18)24(25,26)27)13-21(22)23(29)28(16)14-17-5-3-2-4-6-17/h2-13,16H,14-15H2,1H3. The fourth-order valence-corrected chi connectivity index (χ4v) is 3.52. The first kappa shape index (κ1) is 20.0. The Morgan fingerprint density at radius 2 is 1.63 bits per heavy atom. The van der Waals surface area contributed by atoms with Gasteiger partial charge in [0.2, 0.25) is 0 Å². The Balaban J connectivity index is 1.66. The minimum atomic E-state index is -4.38. The van der Waals surface area contributed by atoms with Gasteiger partial charge >= 0.3 is 6.18 Å². The number of rotatable bonds is 3. The maximum atomic E-state index is 13.3. The predicted molar refractivity (Wildman–Crippen MR) is 108 cm³/mol. The van der Waals surface area contributed by atoms with Crippen LogP contribution >= 0.6 is 0 Å². The minimum absolute atomic E-state index is 0.125. The van der Waals surface area contributed by atoms with Crippen molar-refractivity contribution in [1.82, 2.24) is 4.90 Å². The van der Waals surface area contributed by atoms with E-state index >= 15 is 0 Å². The van der Waals surface area contributed by atoms with Crippen LogP contribution in [0.4, 0.5) is 13.2 Å². The van der Waals surface area contributed by atoms with Crippen molar-refractivity contribution < 1.29 is 22.7 Å². The molecule has 0 bridgehead atoms. The molecule has 3 nitrogen and oxygen atoms in total. The van der Waals surface area contributed by atoms with Crippen molar-refractivity contribution in [2.45, 2.75) is 25.7 Å². The van der Waals surface area contributed by atoms with Gasteiger partial charge in [0.25, 0.3) is 5.91 Å². The maximum Gasteiger partial charge on any atom is 0.416 e. The Bertz CT molecular complexity index is 1050. The highest BCUT2D eigenvalue weighted by Crippen LogP contribution is 2.33. The van der Waals surface area contributed by atoms with Crippen molar-refractivity contribution >= 4 is 5.91 Å². The Kier molecular flexibility index (Phi) is 5.24. The van der Waals surface area contributed by atoms with Crippen molar-refractivity contribution in [3.05, 3.63) is 89.5 Å². The molecule has 3 aromatic carbocycles. The normalized spacial score (nSPS) is 16.6. The lowest BCUT2D eigenvalue weighted by atomic mass is 10.00. The molecule has 1 unspecified atom stereocenters. The Labute approximate surface area is 172 Å². The molecule has 0 aliphatic carbocycles. The number of amides is 1. The molecule has 3 aromatic rings. The highest BCUT2D eigenvalue weighted by atomic mass is 19.4. The molecule has 0 saturated heterocycles. The molecule has 154 valence electrons. The number of nitrogens with zero attached hydrogens (tertiary/aromatic N) is 1. The third-order valence-corrected chi connectivity index (χ3v) is 5.22. The number of halogens is 3. The Hall–Kier alpha value is -3.28. The number of ether oxygens (including phenoxy) is 1. The van der Waals surface area contributed by atoms with Gasteiger partial charge in [-0.3, -0.25) is 4.79 Å². The summed E-state index contributed by atoms with van der Waals surface area (Å²) in [4.78, 5) is 15.1. The third-order valence-electron chi connectivity index (χ3n) is 5.22. The lowest BCUT2D eigenvalue weighted by molar-refractivity contribution is -0.137. The van der Waals surface area contributed by atoms with Crippen LogP contribution in [-0.2, 0) is 12.7 Å². The highest BCUT2D eigenvalue weighted by molar-refractivity contribution is 5.98. The average Bonchev–Trinajstić information content (AvgIpc) is 2.86. The topological polar surface area (TPSA) is 29.5 Å². The number of hydrogen-bond acceptors (Lipinski definition) is 2. The summed E-state index contributed by atoms with van der Waals surface area (Å²) in [6, 6.07) is 19.6. The van der Waals surface area contributed by atoms with Crippen LogP contribution < -0.4 is 4.74 Å².